The summed E-state index contributed by atoms with van der Waals surface area (Å²) < 4.78 is 5.77. The van der Waals surface area contributed by atoms with Gasteiger partial charge in [0.05, 0.1) is 0 Å². The largest absolute Gasteiger partial charge is 0.456 e. The summed E-state index contributed by atoms with van der Waals surface area (Å²) in [6.45, 7) is 1.51. The fourth-order valence-corrected chi connectivity index (χ4v) is 2.16. The molecule has 3 heteroatoms. The molecule has 1 aromatic heterocycles. The third kappa shape index (κ3) is 1.99. The van der Waals surface area contributed by atoms with Crippen LogP contribution in [-0.2, 0) is 0 Å². The standard InChI is InChI=1S/C16H13NO2/c1-10(18)13-7-6-12(8-14(13)17)16-9-11-4-2-3-5-15(11)19-16/h2-9H,17H2,1H3. The van der Waals surface area contributed by atoms with Crippen LogP contribution < -0.4 is 5.73 Å². The summed E-state index contributed by atoms with van der Waals surface area (Å²) in [5, 5.41) is 1.05. The number of carbonyl (C=O) groups excluding carboxylic acids is 1. The zero-order chi connectivity index (χ0) is 13.4. The molecule has 0 bridgehead atoms. The van der Waals surface area contributed by atoms with Crippen molar-refractivity contribution in [2.24, 2.45) is 0 Å². The highest BCUT2D eigenvalue weighted by molar-refractivity contribution is 5.99. The van der Waals surface area contributed by atoms with Gasteiger partial charge in [-0.3, -0.25) is 4.79 Å². The van der Waals surface area contributed by atoms with E-state index in [-0.39, 0.29) is 5.78 Å². The summed E-state index contributed by atoms with van der Waals surface area (Å²) in [6.07, 6.45) is 0. The van der Waals surface area contributed by atoms with Crippen LogP contribution in [0.2, 0.25) is 0 Å². The van der Waals surface area contributed by atoms with Gasteiger partial charge in [-0.15, -0.1) is 0 Å². The van der Waals surface area contributed by atoms with Crippen molar-refractivity contribution in [2.45, 2.75) is 6.92 Å². The lowest BCUT2D eigenvalue weighted by Crippen LogP contribution is -1.99. The number of hydrogen-bond acceptors (Lipinski definition) is 3. The van der Waals surface area contributed by atoms with Crippen molar-refractivity contribution in [3.8, 4) is 11.3 Å². The SMILES string of the molecule is CC(=O)c1ccc(-c2cc3ccccc3o2)cc1N. The van der Waals surface area contributed by atoms with Gasteiger partial charge in [0, 0.05) is 22.2 Å². The Labute approximate surface area is 110 Å². The molecule has 0 atom stereocenters. The van der Waals surface area contributed by atoms with Crippen LogP contribution in [0.5, 0.6) is 0 Å². The maximum Gasteiger partial charge on any atom is 0.161 e. The number of rotatable bonds is 2. The Morgan fingerprint density at radius 3 is 2.58 bits per heavy atom. The molecule has 94 valence electrons. The van der Waals surface area contributed by atoms with Crippen LogP contribution in [0, 0.1) is 0 Å². The maximum absolute atomic E-state index is 11.4. The molecule has 0 aliphatic heterocycles. The van der Waals surface area contributed by atoms with E-state index in [4.69, 9.17) is 10.2 Å². The quantitative estimate of drug-likeness (QED) is 0.555. The van der Waals surface area contributed by atoms with E-state index in [2.05, 4.69) is 0 Å². The number of carbonyl (C=O) groups is 1. The average molecular weight is 251 g/mol. The summed E-state index contributed by atoms with van der Waals surface area (Å²) in [6, 6.07) is 15.1. The van der Waals surface area contributed by atoms with Crippen LogP contribution in [0.15, 0.2) is 52.9 Å². The van der Waals surface area contributed by atoms with Crippen molar-refractivity contribution < 1.29 is 9.21 Å². The van der Waals surface area contributed by atoms with E-state index in [0.29, 0.717) is 11.3 Å². The van der Waals surface area contributed by atoms with Gasteiger partial charge in [0.15, 0.2) is 5.78 Å². The molecule has 0 radical (unpaired) electrons. The van der Waals surface area contributed by atoms with Crippen LogP contribution in [0.4, 0.5) is 5.69 Å². The summed E-state index contributed by atoms with van der Waals surface area (Å²) >= 11 is 0. The number of ketones is 1. The molecule has 3 nitrogen and oxygen atoms in total. The van der Waals surface area contributed by atoms with E-state index < -0.39 is 0 Å². The number of benzene rings is 2. The normalized spacial score (nSPS) is 10.8. The van der Waals surface area contributed by atoms with E-state index in [1.807, 2.05) is 36.4 Å². The second-order valence-corrected chi connectivity index (χ2v) is 4.51. The van der Waals surface area contributed by atoms with E-state index >= 15 is 0 Å². The highest BCUT2D eigenvalue weighted by atomic mass is 16.3. The minimum atomic E-state index is -0.0337. The van der Waals surface area contributed by atoms with E-state index in [1.165, 1.54) is 6.92 Å². The van der Waals surface area contributed by atoms with Gasteiger partial charge in [0.1, 0.15) is 11.3 Å². The fraction of sp³-hybridized carbons (Fsp3) is 0.0625. The van der Waals surface area contributed by atoms with E-state index in [1.54, 1.807) is 12.1 Å². The molecule has 0 unspecified atom stereocenters. The Hall–Kier alpha value is -2.55. The van der Waals surface area contributed by atoms with Crippen LogP contribution in [0.3, 0.4) is 0 Å². The van der Waals surface area contributed by atoms with Crippen molar-refractivity contribution in [1.82, 2.24) is 0 Å². The van der Waals surface area contributed by atoms with Crippen molar-refractivity contribution >= 4 is 22.4 Å². The number of nitrogens with two attached hydrogens (primary N) is 1. The van der Waals surface area contributed by atoms with Gasteiger partial charge in [-0.05, 0) is 31.2 Å². The first-order chi connectivity index (χ1) is 9.15. The van der Waals surface area contributed by atoms with Gasteiger partial charge < -0.3 is 10.2 Å². The van der Waals surface area contributed by atoms with Gasteiger partial charge in [-0.25, -0.2) is 0 Å². The first-order valence-electron chi connectivity index (χ1n) is 6.04. The molecule has 19 heavy (non-hydrogen) atoms. The molecule has 0 spiro atoms. The first-order valence-corrected chi connectivity index (χ1v) is 6.04. The molecule has 0 amide bonds. The average Bonchev–Trinajstić information content (AvgIpc) is 2.81. The van der Waals surface area contributed by atoms with Gasteiger partial charge in [-0.2, -0.15) is 0 Å². The van der Waals surface area contributed by atoms with Crippen molar-refractivity contribution in [2.75, 3.05) is 5.73 Å². The van der Waals surface area contributed by atoms with Crippen LogP contribution in [-0.4, -0.2) is 5.78 Å². The van der Waals surface area contributed by atoms with Gasteiger partial charge in [0.25, 0.3) is 0 Å². The summed E-state index contributed by atoms with van der Waals surface area (Å²) in [7, 11) is 0. The first kappa shape index (κ1) is 11.5. The highest BCUT2D eigenvalue weighted by Crippen LogP contribution is 2.29. The number of fused-ring (bicyclic) bond motifs is 1. The van der Waals surface area contributed by atoms with Crippen molar-refractivity contribution in [3.05, 3.63) is 54.1 Å². The number of Topliss-reactive ketones (excluding diaryl/α,β-unsaturated/α-hetero) is 1. The molecule has 0 fully saturated rings. The molecule has 0 aliphatic carbocycles. The number of para-hydroxylation sites is 1. The molecule has 3 aromatic rings. The molecule has 2 aromatic carbocycles. The minimum absolute atomic E-state index is 0.0337. The molecule has 1 heterocycles. The lowest BCUT2D eigenvalue weighted by Gasteiger charge is -2.03. The van der Waals surface area contributed by atoms with Crippen molar-refractivity contribution in [3.63, 3.8) is 0 Å². The fourth-order valence-electron chi connectivity index (χ4n) is 2.16. The molecule has 3 rings (SSSR count). The molecule has 0 aliphatic rings. The second kappa shape index (κ2) is 4.28. The number of nitrogen functional groups attached to an aromatic ring is 1. The lowest BCUT2D eigenvalue weighted by atomic mass is 10.0. The summed E-state index contributed by atoms with van der Waals surface area (Å²) in [5.74, 6) is 0.719. The zero-order valence-electron chi connectivity index (χ0n) is 10.5. The third-order valence-corrected chi connectivity index (χ3v) is 3.14. The predicted octanol–water partition coefficient (Wildman–Crippen LogP) is 3.88. The monoisotopic (exact) mass is 251 g/mol. The van der Waals surface area contributed by atoms with Crippen LogP contribution in [0.1, 0.15) is 17.3 Å². The van der Waals surface area contributed by atoms with Crippen molar-refractivity contribution in [1.29, 1.82) is 0 Å². The molecule has 2 N–H and O–H groups in total. The van der Waals surface area contributed by atoms with Crippen LogP contribution in [0.25, 0.3) is 22.3 Å². The Morgan fingerprint density at radius 2 is 1.89 bits per heavy atom. The van der Waals surface area contributed by atoms with E-state index in [9.17, 15) is 4.79 Å². The molecule has 0 saturated heterocycles. The Balaban J connectivity index is 2.11. The Kier molecular flexibility index (Phi) is 2.60. The van der Waals surface area contributed by atoms with Gasteiger partial charge in [-0.1, -0.05) is 24.3 Å². The maximum atomic E-state index is 11.4. The summed E-state index contributed by atoms with van der Waals surface area (Å²) in [5.41, 5.74) is 8.62. The predicted molar refractivity (Wildman–Crippen MR) is 76.1 cm³/mol. The third-order valence-electron chi connectivity index (χ3n) is 3.14. The van der Waals surface area contributed by atoms with Gasteiger partial charge in [0.2, 0.25) is 0 Å². The number of hydrogen-bond donors (Lipinski definition) is 1. The zero-order valence-corrected chi connectivity index (χ0v) is 10.5. The second-order valence-electron chi connectivity index (χ2n) is 4.51. The summed E-state index contributed by atoms with van der Waals surface area (Å²) in [4.78, 5) is 11.4. The van der Waals surface area contributed by atoms with E-state index in [0.717, 1.165) is 22.3 Å². The molecule has 0 saturated carbocycles. The molecular formula is C16H13NO2. The van der Waals surface area contributed by atoms with Crippen LogP contribution >= 0.6 is 0 Å². The topological polar surface area (TPSA) is 56.2 Å². The minimum Gasteiger partial charge on any atom is -0.456 e. The Morgan fingerprint density at radius 1 is 1.11 bits per heavy atom. The molecular weight excluding hydrogens is 238 g/mol. The highest BCUT2D eigenvalue weighted by Gasteiger charge is 2.09. The lowest BCUT2D eigenvalue weighted by molar-refractivity contribution is 0.101. The number of furan rings is 1. The number of anilines is 1. The van der Waals surface area contributed by atoms with Gasteiger partial charge >= 0.3 is 0 Å². The smallest absolute Gasteiger partial charge is 0.161 e. The Bertz CT molecular complexity index is 738.